The maximum Gasteiger partial charge on any atom is 0.252 e. The third kappa shape index (κ3) is 5.21. The van der Waals surface area contributed by atoms with Crippen molar-refractivity contribution in [3.8, 4) is 0 Å². The molecule has 0 saturated heterocycles. The topological polar surface area (TPSA) is 88.9 Å². The Bertz CT molecular complexity index is 1260. The van der Waals surface area contributed by atoms with Gasteiger partial charge in [-0.25, -0.2) is 4.68 Å². The van der Waals surface area contributed by atoms with Gasteiger partial charge in [-0.1, -0.05) is 13.0 Å². The Labute approximate surface area is 197 Å². The molecule has 1 aromatic carbocycles. The molecule has 33 heavy (non-hydrogen) atoms. The van der Waals surface area contributed by atoms with E-state index in [1.807, 2.05) is 12.1 Å². The van der Waals surface area contributed by atoms with Gasteiger partial charge in [-0.2, -0.15) is 0 Å². The summed E-state index contributed by atoms with van der Waals surface area (Å²) in [4.78, 5) is 19.6. The summed E-state index contributed by atoms with van der Waals surface area (Å²) in [5.41, 5.74) is 3.92. The van der Waals surface area contributed by atoms with E-state index in [2.05, 4.69) is 69.8 Å². The molecule has 0 aliphatic carbocycles. The Morgan fingerprint density at radius 2 is 2.03 bits per heavy atom. The largest absolute Gasteiger partial charge is 0.383 e. The summed E-state index contributed by atoms with van der Waals surface area (Å²) in [5, 5.41) is 15.6. The number of thiophene rings is 1. The van der Waals surface area contributed by atoms with Gasteiger partial charge < -0.3 is 9.72 Å². The number of benzene rings is 1. The number of aryl methyl sites for hydroxylation is 2. The molecular formula is C24H30N6O2S. The molecule has 0 saturated carbocycles. The minimum Gasteiger partial charge on any atom is -0.383 e. The molecule has 0 amide bonds. The van der Waals surface area contributed by atoms with E-state index >= 15 is 0 Å². The Balaban J connectivity index is 1.72. The smallest absolute Gasteiger partial charge is 0.252 e. The summed E-state index contributed by atoms with van der Waals surface area (Å²) in [6, 6.07) is 10.3. The Kier molecular flexibility index (Phi) is 7.32. The van der Waals surface area contributed by atoms with E-state index in [4.69, 9.17) is 4.74 Å². The van der Waals surface area contributed by atoms with Crippen LogP contribution in [-0.2, 0) is 24.4 Å². The number of methoxy groups -OCH3 is 1. The van der Waals surface area contributed by atoms with Gasteiger partial charge >= 0.3 is 0 Å². The minimum atomic E-state index is -0.0595. The van der Waals surface area contributed by atoms with E-state index in [0.29, 0.717) is 26.2 Å². The maximum absolute atomic E-state index is 13.0. The van der Waals surface area contributed by atoms with Gasteiger partial charge in [0.15, 0.2) is 5.82 Å². The van der Waals surface area contributed by atoms with Crippen LogP contribution >= 0.6 is 11.3 Å². The second-order valence-electron chi connectivity index (χ2n) is 8.31. The zero-order valence-corrected chi connectivity index (χ0v) is 20.4. The maximum atomic E-state index is 13.0. The van der Waals surface area contributed by atoms with Crippen molar-refractivity contribution in [1.29, 1.82) is 0 Å². The highest BCUT2D eigenvalue weighted by atomic mass is 32.1. The average molecular weight is 467 g/mol. The highest BCUT2D eigenvalue weighted by Gasteiger charge is 2.26. The van der Waals surface area contributed by atoms with Crippen LogP contribution in [-0.4, -0.2) is 43.8 Å². The molecule has 0 aliphatic rings. The molecular weight excluding hydrogens is 436 g/mol. The van der Waals surface area contributed by atoms with E-state index in [-0.39, 0.29) is 11.6 Å². The van der Waals surface area contributed by atoms with E-state index in [0.717, 1.165) is 28.7 Å². The van der Waals surface area contributed by atoms with E-state index in [1.54, 1.807) is 23.1 Å². The standard InChI is InChI=1S/C24H30N6O2S/c1-5-22(23-26-27-28-30(23)8-9-32-4)29(15-20-7-6-10-33-20)14-19-13-18-11-16(2)17(3)12-21(18)25-24(19)31/h6-7,10-13,22H,5,8-9,14-15H2,1-4H3,(H,25,31). The molecule has 4 aromatic rings. The van der Waals surface area contributed by atoms with Crippen molar-refractivity contribution < 1.29 is 4.74 Å². The zero-order valence-electron chi connectivity index (χ0n) is 19.5. The van der Waals surface area contributed by atoms with E-state index in [1.165, 1.54) is 16.0 Å². The lowest BCUT2D eigenvalue weighted by Gasteiger charge is -2.29. The lowest BCUT2D eigenvalue weighted by Crippen LogP contribution is -2.32. The number of aromatic nitrogens is 5. The van der Waals surface area contributed by atoms with Crippen LogP contribution in [0, 0.1) is 13.8 Å². The third-order valence-corrected chi connectivity index (χ3v) is 6.90. The van der Waals surface area contributed by atoms with Crippen molar-refractivity contribution in [3.05, 3.63) is 73.5 Å². The summed E-state index contributed by atoms with van der Waals surface area (Å²) in [6.45, 7) is 8.58. The zero-order chi connectivity index (χ0) is 23.4. The van der Waals surface area contributed by atoms with Crippen LogP contribution in [0.5, 0.6) is 0 Å². The molecule has 4 rings (SSSR count). The first kappa shape index (κ1) is 23.3. The molecule has 1 N–H and O–H groups in total. The molecule has 3 aromatic heterocycles. The number of nitrogens with zero attached hydrogens (tertiary/aromatic N) is 5. The van der Waals surface area contributed by atoms with Crippen molar-refractivity contribution in [2.24, 2.45) is 0 Å². The monoisotopic (exact) mass is 466 g/mol. The number of hydrogen-bond donors (Lipinski definition) is 1. The van der Waals surface area contributed by atoms with Gasteiger partial charge in [-0.15, -0.1) is 16.4 Å². The lowest BCUT2D eigenvalue weighted by atomic mass is 10.0. The number of rotatable bonds is 10. The molecule has 1 unspecified atom stereocenters. The average Bonchev–Trinajstić information content (AvgIpc) is 3.47. The summed E-state index contributed by atoms with van der Waals surface area (Å²) in [7, 11) is 1.67. The quantitative estimate of drug-likeness (QED) is 0.380. The number of pyridine rings is 1. The van der Waals surface area contributed by atoms with Crippen LogP contribution in [0.3, 0.4) is 0 Å². The Hall–Kier alpha value is -2.88. The number of nitrogens with one attached hydrogen (secondary N) is 1. The van der Waals surface area contributed by atoms with Crippen LogP contribution in [0.2, 0.25) is 0 Å². The van der Waals surface area contributed by atoms with E-state index in [9.17, 15) is 4.79 Å². The SMILES string of the molecule is CCC(c1nnnn1CCOC)N(Cc1cccs1)Cc1cc2cc(C)c(C)cc2[nH]c1=O. The third-order valence-electron chi connectivity index (χ3n) is 6.04. The predicted molar refractivity (Wildman–Crippen MR) is 130 cm³/mol. The van der Waals surface area contributed by atoms with Gasteiger partial charge in [0.05, 0.1) is 19.2 Å². The number of hydrogen-bond acceptors (Lipinski definition) is 7. The molecule has 174 valence electrons. The number of fused-ring (bicyclic) bond motifs is 1. The van der Waals surface area contributed by atoms with Gasteiger partial charge in [0.1, 0.15) is 0 Å². The Morgan fingerprint density at radius 1 is 1.21 bits per heavy atom. The highest BCUT2D eigenvalue weighted by Crippen LogP contribution is 2.28. The highest BCUT2D eigenvalue weighted by molar-refractivity contribution is 7.09. The second kappa shape index (κ2) is 10.4. The first-order valence-electron chi connectivity index (χ1n) is 11.1. The summed E-state index contributed by atoms with van der Waals surface area (Å²) < 4.78 is 7.03. The number of ether oxygens (including phenoxy) is 1. The molecule has 1 atom stereocenters. The first-order chi connectivity index (χ1) is 16.0. The van der Waals surface area contributed by atoms with Gasteiger partial charge in [-0.3, -0.25) is 9.69 Å². The first-order valence-corrected chi connectivity index (χ1v) is 12.0. The Morgan fingerprint density at radius 3 is 2.76 bits per heavy atom. The van der Waals surface area contributed by atoms with E-state index < -0.39 is 0 Å². The molecule has 0 spiro atoms. The van der Waals surface area contributed by atoms with Gasteiger partial charge in [0, 0.05) is 36.2 Å². The van der Waals surface area contributed by atoms with Crippen molar-refractivity contribution in [3.63, 3.8) is 0 Å². The van der Waals surface area contributed by atoms with Crippen LogP contribution in [0.15, 0.2) is 40.5 Å². The minimum absolute atomic E-state index is 0.0474. The van der Waals surface area contributed by atoms with Crippen LogP contribution < -0.4 is 5.56 Å². The summed E-state index contributed by atoms with van der Waals surface area (Å²) in [6.07, 6.45) is 0.808. The van der Waals surface area contributed by atoms with Crippen molar-refractivity contribution >= 4 is 22.2 Å². The molecule has 0 fully saturated rings. The lowest BCUT2D eigenvalue weighted by molar-refractivity contribution is 0.152. The van der Waals surface area contributed by atoms with Crippen molar-refractivity contribution in [2.45, 2.75) is 52.9 Å². The van der Waals surface area contributed by atoms with Crippen LogP contribution in [0.25, 0.3) is 10.9 Å². The molecule has 0 aliphatic heterocycles. The number of aromatic amines is 1. The van der Waals surface area contributed by atoms with Crippen LogP contribution in [0.4, 0.5) is 0 Å². The van der Waals surface area contributed by atoms with Gasteiger partial charge in [0.2, 0.25) is 0 Å². The number of tetrazole rings is 1. The number of H-pyrrole nitrogens is 1. The summed E-state index contributed by atoms with van der Waals surface area (Å²) in [5.74, 6) is 0.787. The van der Waals surface area contributed by atoms with Crippen LogP contribution in [0.1, 0.15) is 46.8 Å². The van der Waals surface area contributed by atoms with Gasteiger partial charge in [0.25, 0.3) is 5.56 Å². The molecule has 8 nitrogen and oxygen atoms in total. The van der Waals surface area contributed by atoms with Crippen molar-refractivity contribution in [1.82, 2.24) is 30.1 Å². The fraction of sp³-hybridized carbons (Fsp3) is 0.417. The summed E-state index contributed by atoms with van der Waals surface area (Å²) >= 11 is 1.71. The molecule has 3 heterocycles. The predicted octanol–water partition coefficient (Wildman–Crippen LogP) is 3.99. The fourth-order valence-corrected chi connectivity index (χ4v) is 4.86. The van der Waals surface area contributed by atoms with Crippen molar-refractivity contribution in [2.75, 3.05) is 13.7 Å². The fourth-order valence-electron chi connectivity index (χ4n) is 4.13. The molecule has 0 bridgehead atoms. The molecule has 9 heteroatoms. The van der Waals surface area contributed by atoms with Gasteiger partial charge in [-0.05, 0) is 76.9 Å². The normalized spacial score (nSPS) is 12.6. The molecule has 0 radical (unpaired) electrons. The second-order valence-corrected chi connectivity index (χ2v) is 9.34.